The van der Waals surface area contributed by atoms with Crippen LogP contribution in [0.2, 0.25) is 0 Å². The molecule has 0 atom stereocenters. The summed E-state index contributed by atoms with van der Waals surface area (Å²) in [6, 6.07) is 0. The fourth-order valence-corrected chi connectivity index (χ4v) is 1.28. The molecule has 0 saturated heterocycles. The van der Waals surface area contributed by atoms with E-state index in [9.17, 15) is 4.79 Å². The number of aromatic nitrogens is 2. The van der Waals surface area contributed by atoms with Gasteiger partial charge in [0.1, 0.15) is 24.0 Å². The summed E-state index contributed by atoms with van der Waals surface area (Å²) in [5.74, 6) is 1.35. The van der Waals surface area contributed by atoms with Crippen LogP contribution in [0.1, 0.15) is 25.2 Å². The van der Waals surface area contributed by atoms with Crippen molar-refractivity contribution in [2.24, 2.45) is 0 Å². The summed E-state index contributed by atoms with van der Waals surface area (Å²) in [6.45, 7) is 5.96. The van der Waals surface area contributed by atoms with Gasteiger partial charge in [0.2, 0.25) is 0 Å². The van der Waals surface area contributed by atoms with Crippen LogP contribution in [0.3, 0.4) is 0 Å². The summed E-state index contributed by atoms with van der Waals surface area (Å²) >= 11 is 0. The van der Waals surface area contributed by atoms with Crippen molar-refractivity contribution in [1.82, 2.24) is 9.97 Å². The second-order valence-electron chi connectivity index (χ2n) is 3.51. The van der Waals surface area contributed by atoms with Crippen LogP contribution in [0.5, 0.6) is 0 Å². The smallest absolute Gasteiger partial charge is 0.325 e. The van der Waals surface area contributed by atoms with E-state index in [2.05, 4.69) is 15.3 Å². The van der Waals surface area contributed by atoms with Gasteiger partial charge >= 0.3 is 5.97 Å². The van der Waals surface area contributed by atoms with Gasteiger partial charge in [-0.3, -0.25) is 4.79 Å². The number of nitrogens with zero attached hydrogens (tertiary/aromatic N) is 2. The van der Waals surface area contributed by atoms with Crippen molar-refractivity contribution in [3.63, 3.8) is 0 Å². The zero-order valence-corrected chi connectivity index (χ0v) is 10.4. The summed E-state index contributed by atoms with van der Waals surface area (Å²) in [4.78, 5) is 19.6. The molecule has 1 aromatic rings. The van der Waals surface area contributed by atoms with E-state index in [-0.39, 0.29) is 12.5 Å². The number of hydrogen-bond donors (Lipinski definition) is 2. The van der Waals surface area contributed by atoms with Crippen LogP contribution in [0.4, 0.5) is 11.6 Å². The summed E-state index contributed by atoms with van der Waals surface area (Å²) < 4.78 is 4.81. The minimum absolute atomic E-state index is 0.0777. The Morgan fingerprint density at radius 3 is 2.71 bits per heavy atom. The molecule has 6 nitrogen and oxygen atoms in total. The number of rotatable bonds is 5. The molecule has 1 aromatic heterocycles. The average molecular weight is 238 g/mol. The third kappa shape index (κ3) is 3.58. The van der Waals surface area contributed by atoms with Crippen molar-refractivity contribution in [1.29, 1.82) is 0 Å². The lowest BCUT2D eigenvalue weighted by molar-refractivity contribution is -0.140. The van der Waals surface area contributed by atoms with E-state index in [1.54, 1.807) is 6.92 Å². The standard InChI is InChI=1S/C11H18N4O2/c1-4-8-14-10(12)7(3)11(15-8)13-6-9(16)17-5-2/h4-6H2,1-3H3,(H3,12,13,14,15). The third-order valence-electron chi connectivity index (χ3n) is 2.25. The van der Waals surface area contributed by atoms with E-state index in [1.807, 2.05) is 13.8 Å². The van der Waals surface area contributed by atoms with Crippen molar-refractivity contribution < 1.29 is 9.53 Å². The van der Waals surface area contributed by atoms with Crippen LogP contribution < -0.4 is 11.1 Å². The highest BCUT2D eigenvalue weighted by molar-refractivity contribution is 5.75. The Hall–Kier alpha value is -1.85. The van der Waals surface area contributed by atoms with Crippen molar-refractivity contribution in [3.05, 3.63) is 11.4 Å². The number of carbonyl (C=O) groups excluding carboxylic acids is 1. The van der Waals surface area contributed by atoms with Gasteiger partial charge in [-0.2, -0.15) is 0 Å². The maximum atomic E-state index is 11.2. The third-order valence-corrected chi connectivity index (χ3v) is 2.25. The second kappa shape index (κ2) is 6.03. The van der Waals surface area contributed by atoms with Gasteiger partial charge in [0.25, 0.3) is 0 Å². The molecular formula is C11H18N4O2. The normalized spacial score (nSPS) is 10.1. The zero-order valence-electron chi connectivity index (χ0n) is 10.4. The number of aryl methyl sites for hydroxylation is 1. The lowest BCUT2D eigenvalue weighted by atomic mass is 10.3. The zero-order chi connectivity index (χ0) is 12.8. The Morgan fingerprint density at radius 2 is 2.12 bits per heavy atom. The Bertz CT molecular complexity index is 407. The monoisotopic (exact) mass is 238 g/mol. The fraction of sp³-hybridized carbons (Fsp3) is 0.545. The highest BCUT2D eigenvalue weighted by Gasteiger charge is 2.09. The van der Waals surface area contributed by atoms with E-state index in [1.165, 1.54) is 0 Å². The predicted molar refractivity (Wildman–Crippen MR) is 65.7 cm³/mol. The number of ether oxygens (including phenoxy) is 1. The molecular weight excluding hydrogens is 220 g/mol. The molecule has 6 heteroatoms. The van der Waals surface area contributed by atoms with E-state index in [0.29, 0.717) is 30.5 Å². The van der Waals surface area contributed by atoms with Gasteiger partial charge in [-0.25, -0.2) is 9.97 Å². The maximum Gasteiger partial charge on any atom is 0.325 e. The van der Waals surface area contributed by atoms with Gasteiger partial charge in [0.15, 0.2) is 0 Å². The summed E-state index contributed by atoms with van der Waals surface area (Å²) in [6.07, 6.45) is 0.693. The van der Waals surface area contributed by atoms with E-state index in [4.69, 9.17) is 10.5 Å². The maximum absolute atomic E-state index is 11.2. The lowest BCUT2D eigenvalue weighted by Crippen LogP contribution is -2.19. The number of nitrogens with two attached hydrogens (primary N) is 1. The second-order valence-corrected chi connectivity index (χ2v) is 3.51. The van der Waals surface area contributed by atoms with Crippen LogP contribution in [-0.4, -0.2) is 29.1 Å². The molecule has 3 N–H and O–H groups in total. The van der Waals surface area contributed by atoms with Gasteiger partial charge in [-0.05, 0) is 13.8 Å². The number of carbonyl (C=O) groups is 1. The largest absolute Gasteiger partial charge is 0.465 e. The molecule has 0 bridgehead atoms. The highest BCUT2D eigenvalue weighted by atomic mass is 16.5. The van der Waals surface area contributed by atoms with E-state index >= 15 is 0 Å². The van der Waals surface area contributed by atoms with Crippen molar-refractivity contribution in [2.45, 2.75) is 27.2 Å². The van der Waals surface area contributed by atoms with Gasteiger partial charge in [-0.1, -0.05) is 6.92 Å². The Kier molecular flexibility index (Phi) is 4.68. The Labute approximate surface area is 101 Å². The molecule has 0 amide bonds. The Morgan fingerprint density at radius 1 is 1.41 bits per heavy atom. The Balaban J connectivity index is 2.76. The van der Waals surface area contributed by atoms with Crippen LogP contribution in [-0.2, 0) is 16.0 Å². The number of anilines is 2. The van der Waals surface area contributed by atoms with Crippen LogP contribution in [0, 0.1) is 6.92 Å². The number of nitrogen functional groups attached to an aromatic ring is 1. The molecule has 0 aromatic carbocycles. The highest BCUT2D eigenvalue weighted by Crippen LogP contribution is 2.17. The molecule has 0 spiro atoms. The average Bonchev–Trinajstić information content (AvgIpc) is 2.31. The summed E-state index contributed by atoms with van der Waals surface area (Å²) in [5, 5.41) is 2.91. The quantitative estimate of drug-likeness (QED) is 0.741. The first-order chi connectivity index (χ1) is 8.08. The number of nitrogens with one attached hydrogen (secondary N) is 1. The number of esters is 1. The molecule has 0 aliphatic heterocycles. The fourth-order valence-electron chi connectivity index (χ4n) is 1.28. The van der Waals surface area contributed by atoms with Gasteiger partial charge < -0.3 is 15.8 Å². The predicted octanol–water partition coefficient (Wildman–Crippen LogP) is 0.905. The van der Waals surface area contributed by atoms with Gasteiger partial charge in [0, 0.05) is 12.0 Å². The molecule has 1 rings (SSSR count). The lowest BCUT2D eigenvalue weighted by Gasteiger charge is -2.10. The van der Waals surface area contributed by atoms with Crippen molar-refractivity contribution in [2.75, 3.05) is 24.2 Å². The van der Waals surface area contributed by atoms with Crippen molar-refractivity contribution in [3.8, 4) is 0 Å². The minimum atomic E-state index is -0.317. The first-order valence-electron chi connectivity index (χ1n) is 5.60. The van der Waals surface area contributed by atoms with Crippen LogP contribution in [0.25, 0.3) is 0 Å². The molecule has 1 heterocycles. The first kappa shape index (κ1) is 13.2. The summed E-state index contributed by atoms with van der Waals surface area (Å²) in [5.41, 5.74) is 6.50. The minimum Gasteiger partial charge on any atom is -0.465 e. The molecule has 0 aliphatic carbocycles. The molecule has 0 unspecified atom stereocenters. The first-order valence-corrected chi connectivity index (χ1v) is 5.60. The van der Waals surface area contributed by atoms with Gasteiger partial charge in [0.05, 0.1) is 6.61 Å². The van der Waals surface area contributed by atoms with Crippen molar-refractivity contribution >= 4 is 17.6 Å². The molecule has 0 saturated carbocycles. The van der Waals surface area contributed by atoms with Crippen LogP contribution in [0.15, 0.2) is 0 Å². The summed E-state index contributed by atoms with van der Waals surface area (Å²) in [7, 11) is 0. The molecule has 0 radical (unpaired) electrons. The molecule has 0 fully saturated rings. The molecule has 0 aliphatic rings. The van der Waals surface area contributed by atoms with E-state index < -0.39 is 0 Å². The van der Waals surface area contributed by atoms with E-state index in [0.717, 1.165) is 5.56 Å². The SMILES string of the molecule is CCOC(=O)CNc1nc(CC)nc(N)c1C. The molecule has 17 heavy (non-hydrogen) atoms. The topological polar surface area (TPSA) is 90.1 Å². The van der Waals surface area contributed by atoms with Crippen LogP contribution >= 0.6 is 0 Å². The molecule has 94 valence electrons. The number of hydrogen-bond acceptors (Lipinski definition) is 6. The van der Waals surface area contributed by atoms with Gasteiger partial charge in [-0.15, -0.1) is 0 Å².